The molecule has 3 heteroatoms. The Morgan fingerprint density at radius 3 is 2.35 bits per heavy atom. The Hall–Kier alpha value is 0.400. The Morgan fingerprint density at radius 2 is 1.71 bits per heavy atom. The Balaban J connectivity index is 1.81. The van der Waals surface area contributed by atoms with Crippen molar-refractivity contribution in [2.75, 3.05) is 31.6 Å². The van der Waals surface area contributed by atoms with Gasteiger partial charge in [-0.25, -0.2) is 0 Å². The van der Waals surface area contributed by atoms with Gasteiger partial charge in [0.15, 0.2) is 0 Å². The zero-order chi connectivity index (χ0) is 11.9. The molecule has 100 valence electrons. The Kier molecular flexibility index (Phi) is 6.30. The Morgan fingerprint density at radius 1 is 1.00 bits per heavy atom. The topological polar surface area (TPSA) is 12.5 Å². The molecule has 0 aromatic carbocycles. The molecule has 17 heavy (non-hydrogen) atoms. The molecule has 0 amide bonds. The van der Waals surface area contributed by atoms with E-state index in [9.17, 15) is 0 Å². The third-order valence-electron chi connectivity index (χ3n) is 4.30. The minimum Gasteiger partial charge on any atom is -0.381 e. The monoisotopic (exact) mass is 303 g/mol. The zero-order valence-corrected chi connectivity index (χ0v) is 12.5. The predicted octanol–water partition coefficient (Wildman–Crippen LogP) is 3.44. The van der Waals surface area contributed by atoms with Crippen LogP contribution < -0.4 is 0 Å². The summed E-state index contributed by atoms with van der Waals surface area (Å²) < 4.78 is 5.46. The third kappa shape index (κ3) is 4.53. The van der Waals surface area contributed by atoms with E-state index in [0.717, 1.165) is 30.5 Å². The van der Waals surface area contributed by atoms with Gasteiger partial charge in [-0.05, 0) is 31.6 Å². The number of alkyl halides is 1. The molecule has 2 fully saturated rings. The number of ether oxygens (including phenoxy) is 1. The largest absolute Gasteiger partial charge is 0.381 e. The van der Waals surface area contributed by atoms with Crippen LogP contribution in [0.2, 0.25) is 0 Å². The van der Waals surface area contributed by atoms with Gasteiger partial charge in [-0.1, -0.05) is 35.2 Å². The highest BCUT2D eigenvalue weighted by atomic mass is 79.9. The lowest BCUT2D eigenvalue weighted by Crippen LogP contribution is -2.42. The first-order chi connectivity index (χ1) is 8.40. The van der Waals surface area contributed by atoms with Crippen molar-refractivity contribution in [3.8, 4) is 0 Å². The summed E-state index contributed by atoms with van der Waals surface area (Å²) >= 11 is 3.62. The summed E-state index contributed by atoms with van der Waals surface area (Å²) in [5, 5.41) is 1.12. The van der Waals surface area contributed by atoms with E-state index < -0.39 is 0 Å². The number of rotatable bonds is 5. The van der Waals surface area contributed by atoms with Crippen molar-refractivity contribution >= 4 is 15.9 Å². The predicted molar refractivity (Wildman–Crippen MR) is 75.8 cm³/mol. The molecular formula is C14H26BrNO. The quantitative estimate of drug-likeness (QED) is 0.721. The molecule has 0 unspecified atom stereocenters. The second kappa shape index (κ2) is 7.75. The van der Waals surface area contributed by atoms with Crippen molar-refractivity contribution in [2.45, 2.75) is 51.0 Å². The number of nitrogens with zero attached hydrogens (tertiary/aromatic N) is 1. The molecule has 0 radical (unpaired) electrons. The van der Waals surface area contributed by atoms with E-state index in [-0.39, 0.29) is 0 Å². The molecule has 2 rings (SSSR count). The molecule has 2 nitrogen and oxygen atoms in total. The van der Waals surface area contributed by atoms with Gasteiger partial charge in [0.05, 0.1) is 0 Å². The fourth-order valence-corrected chi connectivity index (χ4v) is 3.69. The van der Waals surface area contributed by atoms with Gasteiger partial charge in [-0.15, -0.1) is 0 Å². The zero-order valence-electron chi connectivity index (χ0n) is 10.9. The lowest BCUT2D eigenvalue weighted by Gasteiger charge is -2.37. The highest BCUT2D eigenvalue weighted by Crippen LogP contribution is 2.25. The van der Waals surface area contributed by atoms with E-state index in [1.807, 2.05) is 0 Å². The minimum absolute atomic E-state index is 0.865. The maximum Gasteiger partial charge on any atom is 0.0469 e. The lowest BCUT2D eigenvalue weighted by molar-refractivity contribution is 0.0426. The SMILES string of the molecule is BrCCN(CC1CCOCC1)C1CCCCC1. The molecule has 1 saturated heterocycles. The van der Waals surface area contributed by atoms with E-state index in [4.69, 9.17) is 4.74 Å². The highest BCUT2D eigenvalue weighted by molar-refractivity contribution is 9.09. The maximum atomic E-state index is 5.46. The molecule has 0 bridgehead atoms. The third-order valence-corrected chi connectivity index (χ3v) is 4.65. The van der Waals surface area contributed by atoms with Gasteiger partial charge in [-0.3, -0.25) is 4.90 Å². The average Bonchev–Trinajstić information content (AvgIpc) is 2.40. The van der Waals surface area contributed by atoms with E-state index >= 15 is 0 Å². The summed E-state index contributed by atoms with van der Waals surface area (Å²) in [5.41, 5.74) is 0. The molecule has 1 heterocycles. The van der Waals surface area contributed by atoms with Crippen molar-refractivity contribution in [2.24, 2.45) is 5.92 Å². The smallest absolute Gasteiger partial charge is 0.0469 e. The van der Waals surface area contributed by atoms with E-state index in [1.54, 1.807) is 0 Å². The van der Waals surface area contributed by atoms with Crippen molar-refractivity contribution in [1.29, 1.82) is 0 Å². The molecule has 2 aliphatic rings. The van der Waals surface area contributed by atoms with Crippen LogP contribution >= 0.6 is 15.9 Å². The molecule has 0 atom stereocenters. The number of hydrogen-bond acceptors (Lipinski definition) is 2. The standard InChI is InChI=1S/C14H26BrNO/c15-8-9-16(14-4-2-1-3-5-14)12-13-6-10-17-11-7-13/h13-14H,1-12H2. The van der Waals surface area contributed by atoms with Crippen LogP contribution in [0.5, 0.6) is 0 Å². The van der Waals surface area contributed by atoms with Gasteiger partial charge in [-0.2, -0.15) is 0 Å². The molecular weight excluding hydrogens is 278 g/mol. The van der Waals surface area contributed by atoms with E-state index in [1.165, 1.54) is 58.0 Å². The first-order valence-electron chi connectivity index (χ1n) is 7.28. The van der Waals surface area contributed by atoms with Crippen molar-refractivity contribution in [3.63, 3.8) is 0 Å². The molecule has 1 aliphatic heterocycles. The molecule has 1 aliphatic carbocycles. The normalized spacial score (nSPS) is 24.4. The first kappa shape index (κ1) is 13.8. The van der Waals surface area contributed by atoms with Crippen molar-refractivity contribution < 1.29 is 4.74 Å². The van der Waals surface area contributed by atoms with Gasteiger partial charge >= 0.3 is 0 Å². The number of hydrogen-bond donors (Lipinski definition) is 0. The second-order valence-electron chi connectivity index (χ2n) is 5.53. The highest BCUT2D eigenvalue weighted by Gasteiger charge is 2.24. The summed E-state index contributed by atoms with van der Waals surface area (Å²) in [7, 11) is 0. The van der Waals surface area contributed by atoms with Crippen LogP contribution in [0.25, 0.3) is 0 Å². The summed E-state index contributed by atoms with van der Waals surface area (Å²) in [6.45, 7) is 4.50. The van der Waals surface area contributed by atoms with Crippen LogP contribution in [-0.4, -0.2) is 42.6 Å². The number of halogens is 1. The van der Waals surface area contributed by atoms with E-state index in [2.05, 4.69) is 20.8 Å². The fourth-order valence-electron chi connectivity index (χ4n) is 3.24. The van der Waals surface area contributed by atoms with Crippen LogP contribution in [0, 0.1) is 5.92 Å². The van der Waals surface area contributed by atoms with Gasteiger partial charge in [0.25, 0.3) is 0 Å². The van der Waals surface area contributed by atoms with Gasteiger partial charge < -0.3 is 4.74 Å². The lowest BCUT2D eigenvalue weighted by atomic mass is 9.92. The van der Waals surface area contributed by atoms with Crippen LogP contribution in [0.1, 0.15) is 44.9 Å². The molecule has 1 saturated carbocycles. The molecule has 0 spiro atoms. The first-order valence-corrected chi connectivity index (χ1v) is 8.40. The summed E-state index contributed by atoms with van der Waals surface area (Å²) in [6, 6.07) is 0.865. The van der Waals surface area contributed by atoms with Gasteiger partial charge in [0.2, 0.25) is 0 Å². The second-order valence-corrected chi connectivity index (χ2v) is 6.32. The van der Waals surface area contributed by atoms with Crippen LogP contribution in [0.3, 0.4) is 0 Å². The summed E-state index contributed by atoms with van der Waals surface area (Å²) in [5.74, 6) is 0.879. The summed E-state index contributed by atoms with van der Waals surface area (Å²) in [4.78, 5) is 2.75. The van der Waals surface area contributed by atoms with Crippen LogP contribution in [0.4, 0.5) is 0 Å². The van der Waals surface area contributed by atoms with Crippen molar-refractivity contribution in [3.05, 3.63) is 0 Å². The average molecular weight is 304 g/mol. The Labute approximate surface area is 114 Å². The molecule has 0 aromatic rings. The van der Waals surface area contributed by atoms with E-state index in [0.29, 0.717) is 0 Å². The van der Waals surface area contributed by atoms with Crippen molar-refractivity contribution in [1.82, 2.24) is 4.90 Å². The minimum atomic E-state index is 0.865. The van der Waals surface area contributed by atoms with Gasteiger partial charge in [0.1, 0.15) is 0 Å². The fraction of sp³-hybridized carbons (Fsp3) is 1.00. The molecule has 0 N–H and O–H groups in total. The van der Waals surface area contributed by atoms with Gasteiger partial charge in [0, 0.05) is 37.7 Å². The molecule has 0 aromatic heterocycles. The maximum absolute atomic E-state index is 5.46. The van der Waals surface area contributed by atoms with Crippen LogP contribution in [0.15, 0.2) is 0 Å². The van der Waals surface area contributed by atoms with Crippen LogP contribution in [-0.2, 0) is 4.74 Å². The summed E-state index contributed by atoms with van der Waals surface area (Å²) in [6.07, 6.45) is 9.73. The Bertz CT molecular complexity index is 200.